The summed E-state index contributed by atoms with van der Waals surface area (Å²) in [6.45, 7) is 6.47. The summed E-state index contributed by atoms with van der Waals surface area (Å²) in [6.07, 6.45) is 0.0367. The van der Waals surface area contributed by atoms with Crippen LogP contribution < -0.4 is 10.2 Å². The molecule has 4 saturated carbocycles. The zero-order chi connectivity index (χ0) is 27.3. The quantitative estimate of drug-likeness (QED) is 0.506. The summed E-state index contributed by atoms with van der Waals surface area (Å²) in [5, 5.41) is 12.6. The van der Waals surface area contributed by atoms with Crippen molar-refractivity contribution in [2.45, 2.75) is 82.2 Å². The third-order valence-electron chi connectivity index (χ3n) is 9.42. The van der Waals surface area contributed by atoms with Crippen molar-refractivity contribution in [1.29, 1.82) is 0 Å². The first-order chi connectivity index (χ1) is 17.9. The summed E-state index contributed by atoms with van der Waals surface area (Å²) in [4.78, 5) is 29.1. The van der Waals surface area contributed by atoms with Gasteiger partial charge in [-0.15, -0.1) is 0 Å². The van der Waals surface area contributed by atoms with Gasteiger partial charge < -0.3 is 20.1 Å². The molecular formula is C28H38F3N3O4. The van der Waals surface area contributed by atoms with E-state index < -0.39 is 29.0 Å². The van der Waals surface area contributed by atoms with Crippen LogP contribution in [-0.2, 0) is 15.7 Å². The minimum absolute atomic E-state index is 0.0153. The predicted octanol–water partition coefficient (Wildman–Crippen LogP) is 5.14. The molecule has 6 rings (SSSR count). The Bertz CT molecular complexity index is 1040. The van der Waals surface area contributed by atoms with Gasteiger partial charge in [0.2, 0.25) is 5.91 Å². The summed E-state index contributed by atoms with van der Waals surface area (Å²) in [5.74, 6) is 0.906. The number of carbonyl (C=O) groups excluding carboxylic acids is 1. The van der Waals surface area contributed by atoms with Gasteiger partial charge in [0.15, 0.2) is 0 Å². The number of carboxylic acid groups (broad SMARTS) is 1. The zero-order valence-corrected chi connectivity index (χ0v) is 22.1. The second kappa shape index (κ2) is 9.92. The van der Waals surface area contributed by atoms with Crippen LogP contribution in [0.5, 0.6) is 0 Å². The van der Waals surface area contributed by atoms with Crippen LogP contribution in [0.4, 0.5) is 23.7 Å². The molecule has 10 heteroatoms. The van der Waals surface area contributed by atoms with Crippen molar-refractivity contribution in [2.75, 3.05) is 31.1 Å². The lowest BCUT2D eigenvalue weighted by Gasteiger charge is -2.59. The predicted molar refractivity (Wildman–Crippen MR) is 136 cm³/mol. The smallest absolute Gasteiger partial charge is 0.450 e. The van der Waals surface area contributed by atoms with Crippen molar-refractivity contribution >= 4 is 17.7 Å². The summed E-state index contributed by atoms with van der Waals surface area (Å²) >= 11 is 0. The Labute approximate surface area is 221 Å². The van der Waals surface area contributed by atoms with Crippen molar-refractivity contribution in [1.82, 2.24) is 10.2 Å². The molecule has 2 atom stereocenters. The van der Waals surface area contributed by atoms with E-state index in [1.165, 1.54) is 12.1 Å². The van der Waals surface area contributed by atoms with E-state index in [0.717, 1.165) is 38.2 Å². The first kappa shape index (κ1) is 27.1. The molecule has 1 heterocycles. The summed E-state index contributed by atoms with van der Waals surface area (Å²) in [6, 6.07) is 5.53. The number of nitrogens with zero attached hydrogens (tertiary/aromatic N) is 2. The molecule has 4 aliphatic carbocycles. The second-order valence-corrected chi connectivity index (χ2v) is 12.3. The maximum absolute atomic E-state index is 13.6. The van der Waals surface area contributed by atoms with Crippen LogP contribution in [0.1, 0.15) is 64.4 Å². The van der Waals surface area contributed by atoms with Crippen molar-refractivity contribution in [3.63, 3.8) is 0 Å². The van der Waals surface area contributed by atoms with Gasteiger partial charge in [0, 0.05) is 37.9 Å². The van der Waals surface area contributed by atoms with E-state index in [2.05, 4.69) is 10.2 Å². The highest BCUT2D eigenvalue weighted by Gasteiger charge is 2.58. The monoisotopic (exact) mass is 537 g/mol. The molecule has 0 aromatic heterocycles. The molecule has 0 radical (unpaired) electrons. The van der Waals surface area contributed by atoms with Crippen LogP contribution in [0, 0.1) is 17.8 Å². The van der Waals surface area contributed by atoms with E-state index in [-0.39, 0.29) is 23.8 Å². The standard InChI is InChI=1S/C28H38F3N3O4/c1-26(2,24(35)32-23-19-12-18-13-20(23)17-27(15-18,16-19)38-25(36)37)34-10-4-8-33(9-5-11-34)22-7-3-6-21(14-22)28(29,30)31/h3,6-7,14,18-20,23H,4-5,8-13,15-17H2,1-2H3,(H,32,35)(H,36,37). The Balaban J connectivity index is 1.19. The molecule has 2 N–H and O–H groups in total. The van der Waals surface area contributed by atoms with E-state index in [9.17, 15) is 27.9 Å². The number of carbonyl (C=O) groups is 2. The third kappa shape index (κ3) is 5.33. The fraction of sp³-hybridized carbons (Fsp3) is 0.714. The number of hydrogen-bond donors (Lipinski definition) is 2. The number of anilines is 1. The fourth-order valence-electron chi connectivity index (χ4n) is 7.79. The van der Waals surface area contributed by atoms with E-state index in [4.69, 9.17) is 4.74 Å². The molecule has 4 bridgehead atoms. The van der Waals surface area contributed by atoms with Crippen molar-refractivity contribution in [2.24, 2.45) is 17.8 Å². The largest absolute Gasteiger partial charge is 0.506 e. The molecule has 38 heavy (non-hydrogen) atoms. The summed E-state index contributed by atoms with van der Waals surface area (Å²) in [7, 11) is 0. The molecule has 7 nitrogen and oxygen atoms in total. The Morgan fingerprint density at radius 2 is 1.66 bits per heavy atom. The van der Waals surface area contributed by atoms with Gasteiger partial charge in [0.25, 0.3) is 0 Å². The first-order valence-electron chi connectivity index (χ1n) is 13.8. The lowest BCUT2D eigenvalue weighted by molar-refractivity contribution is -0.157. The molecule has 210 valence electrons. The van der Waals surface area contributed by atoms with Crippen molar-refractivity contribution in [3.05, 3.63) is 29.8 Å². The highest BCUT2D eigenvalue weighted by molar-refractivity contribution is 5.85. The van der Waals surface area contributed by atoms with E-state index >= 15 is 0 Å². The molecular weight excluding hydrogens is 499 g/mol. The number of benzene rings is 1. The third-order valence-corrected chi connectivity index (χ3v) is 9.42. The number of rotatable bonds is 5. The molecule has 5 fully saturated rings. The topological polar surface area (TPSA) is 82.1 Å². The van der Waals surface area contributed by atoms with Crippen LogP contribution in [0.15, 0.2) is 24.3 Å². The molecule has 1 aromatic rings. The Kier molecular flexibility index (Phi) is 7.07. The van der Waals surface area contributed by atoms with E-state index in [0.29, 0.717) is 50.6 Å². The molecule has 1 saturated heterocycles. The average molecular weight is 538 g/mol. The van der Waals surface area contributed by atoms with Crippen LogP contribution in [0.2, 0.25) is 0 Å². The summed E-state index contributed by atoms with van der Waals surface area (Å²) in [5.41, 5.74) is -1.38. The van der Waals surface area contributed by atoms with Gasteiger partial charge >= 0.3 is 12.3 Å². The molecule has 1 aromatic carbocycles. The van der Waals surface area contributed by atoms with Crippen molar-refractivity contribution in [3.8, 4) is 0 Å². The van der Waals surface area contributed by atoms with Crippen LogP contribution in [0.3, 0.4) is 0 Å². The number of ether oxygens (including phenoxy) is 1. The van der Waals surface area contributed by atoms with Crippen LogP contribution in [0.25, 0.3) is 0 Å². The van der Waals surface area contributed by atoms with Crippen molar-refractivity contribution < 1.29 is 32.6 Å². The fourth-order valence-corrected chi connectivity index (χ4v) is 7.79. The van der Waals surface area contributed by atoms with Gasteiger partial charge in [0.05, 0.1) is 11.1 Å². The Morgan fingerprint density at radius 1 is 1.03 bits per heavy atom. The lowest BCUT2D eigenvalue weighted by Crippen LogP contribution is -2.66. The minimum Gasteiger partial charge on any atom is -0.450 e. The van der Waals surface area contributed by atoms with Gasteiger partial charge in [0.1, 0.15) is 5.60 Å². The number of nitrogens with one attached hydrogen (secondary N) is 1. The minimum atomic E-state index is -4.37. The number of halogens is 3. The average Bonchev–Trinajstić information content (AvgIpc) is 2.79. The first-order valence-corrected chi connectivity index (χ1v) is 13.8. The van der Waals surface area contributed by atoms with Gasteiger partial charge in [-0.05, 0) is 94.7 Å². The van der Waals surface area contributed by atoms with E-state index in [1.54, 1.807) is 6.07 Å². The summed E-state index contributed by atoms with van der Waals surface area (Å²) < 4.78 is 44.9. The second-order valence-electron chi connectivity index (χ2n) is 12.3. The number of amides is 1. The zero-order valence-electron chi connectivity index (χ0n) is 22.1. The Morgan fingerprint density at radius 3 is 2.24 bits per heavy atom. The molecule has 1 amide bonds. The lowest BCUT2D eigenvalue weighted by atomic mass is 9.52. The maximum atomic E-state index is 13.6. The molecule has 2 unspecified atom stereocenters. The maximum Gasteiger partial charge on any atom is 0.506 e. The normalized spacial score (nSPS) is 32.0. The van der Waals surface area contributed by atoms with Gasteiger partial charge in [-0.3, -0.25) is 9.69 Å². The van der Waals surface area contributed by atoms with Crippen LogP contribution >= 0.6 is 0 Å². The van der Waals surface area contributed by atoms with Gasteiger partial charge in [-0.2, -0.15) is 13.2 Å². The SMILES string of the molecule is CC(C)(C(=O)NC1C2CC3CC1CC(OC(=O)O)(C3)C2)N1CCCN(c2cccc(C(F)(F)F)c2)CCC1. The molecule has 5 aliphatic rings. The van der Waals surface area contributed by atoms with Crippen LogP contribution in [-0.4, -0.2) is 65.4 Å². The van der Waals surface area contributed by atoms with E-state index in [1.807, 2.05) is 18.7 Å². The molecule has 1 aliphatic heterocycles. The highest BCUT2D eigenvalue weighted by Crippen LogP contribution is 2.57. The van der Waals surface area contributed by atoms with Gasteiger partial charge in [-0.1, -0.05) is 6.07 Å². The highest BCUT2D eigenvalue weighted by atomic mass is 19.4. The number of alkyl halides is 3. The number of hydrogen-bond acceptors (Lipinski definition) is 5. The van der Waals surface area contributed by atoms with Gasteiger partial charge in [-0.25, -0.2) is 4.79 Å². The molecule has 0 spiro atoms. The Hall–Kier alpha value is -2.49.